The fraction of sp³-hybridized carbons (Fsp3) is 0.345. The molecule has 210 valence electrons. The van der Waals surface area contributed by atoms with Crippen molar-refractivity contribution in [1.82, 2.24) is 25.5 Å². The van der Waals surface area contributed by atoms with Gasteiger partial charge in [-0.05, 0) is 30.4 Å². The van der Waals surface area contributed by atoms with Crippen LogP contribution in [0.3, 0.4) is 0 Å². The lowest BCUT2D eigenvalue weighted by atomic mass is 10.0. The number of H-pyrrole nitrogens is 1. The molecule has 11 heteroatoms. The molecule has 1 fully saturated rings. The first kappa shape index (κ1) is 28.5. The third-order valence-corrected chi connectivity index (χ3v) is 6.96. The number of nitrogens with zero attached hydrogens (tertiary/aromatic N) is 2. The molecule has 11 nitrogen and oxygen atoms in total. The van der Waals surface area contributed by atoms with Gasteiger partial charge in [-0.3, -0.25) is 14.4 Å². The molecule has 1 aromatic heterocycles. The summed E-state index contributed by atoms with van der Waals surface area (Å²) >= 11 is 0. The number of amides is 3. The van der Waals surface area contributed by atoms with Crippen molar-refractivity contribution in [2.75, 3.05) is 6.54 Å². The predicted molar refractivity (Wildman–Crippen MR) is 147 cm³/mol. The molecule has 0 aliphatic carbocycles. The van der Waals surface area contributed by atoms with Crippen LogP contribution in [0.25, 0.3) is 0 Å². The molecule has 6 N–H and O–H groups in total. The number of nitrogens with two attached hydrogens (primary N) is 1. The van der Waals surface area contributed by atoms with Gasteiger partial charge in [-0.15, -0.1) is 0 Å². The quantitative estimate of drug-likeness (QED) is 0.224. The van der Waals surface area contributed by atoms with E-state index in [1.807, 2.05) is 36.4 Å². The summed E-state index contributed by atoms with van der Waals surface area (Å²) in [4.78, 5) is 60.3. The van der Waals surface area contributed by atoms with Crippen LogP contribution in [0.5, 0.6) is 0 Å². The van der Waals surface area contributed by atoms with Crippen LogP contribution < -0.4 is 16.4 Å². The fourth-order valence-corrected chi connectivity index (χ4v) is 4.88. The molecule has 0 radical (unpaired) electrons. The number of nitrogens with one attached hydrogen (secondary N) is 3. The van der Waals surface area contributed by atoms with Gasteiger partial charge in [-0.1, -0.05) is 60.7 Å². The highest BCUT2D eigenvalue weighted by Gasteiger charge is 2.39. The largest absolute Gasteiger partial charge is 0.480 e. The van der Waals surface area contributed by atoms with Crippen LogP contribution in [0.1, 0.15) is 29.7 Å². The number of carbonyl (C=O) groups excluding carboxylic acids is 3. The van der Waals surface area contributed by atoms with Gasteiger partial charge in [0.15, 0.2) is 0 Å². The van der Waals surface area contributed by atoms with Crippen molar-refractivity contribution in [2.24, 2.45) is 5.73 Å². The molecule has 2 heterocycles. The summed E-state index contributed by atoms with van der Waals surface area (Å²) in [5, 5.41) is 15.1. The van der Waals surface area contributed by atoms with Crippen molar-refractivity contribution in [3.63, 3.8) is 0 Å². The lowest BCUT2D eigenvalue weighted by Crippen LogP contribution is -2.57. The van der Waals surface area contributed by atoms with Gasteiger partial charge in [-0.2, -0.15) is 0 Å². The summed E-state index contributed by atoms with van der Waals surface area (Å²) in [7, 11) is 0. The van der Waals surface area contributed by atoms with E-state index in [9.17, 15) is 24.3 Å². The normalized spacial score (nSPS) is 17.0. The Hall–Kier alpha value is -4.51. The number of aromatic amines is 1. The van der Waals surface area contributed by atoms with E-state index >= 15 is 0 Å². The van der Waals surface area contributed by atoms with E-state index in [4.69, 9.17) is 5.73 Å². The Morgan fingerprint density at radius 2 is 1.60 bits per heavy atom. The molecule has 4 unspecified atom stereocenters. The van der Waals surface area contributed by atoms with Gasteiger partial charge in [0.2, 0.25) is 17.7 Å². The second kappa shape index (κ2) is 13.5. The maximum absolute atomic E-state index is 13.8. The number of imidazole rings is 1. The topological polar surface area (TPSA) is 171 Å². The number of aliphatic carboxylic acids is 1. The summed E-state index contributed by atoms with van der Waals surface area (Å²) in [6.07, 6.45) is 4.52. The van der Waals surface area contributed by atoms with Gasteiger partial charge in [0.25, 0.3) is 0 Å². The van der Waals surface area contributed by atoms with Gasteiger partial charge >= 0.3 is 5.97 Å². The first-order valence-corrected chi connectivity index (χ1v) is 13.3. The molecule has 2 aromatic carbocycles. The zero-order valence-electron chi connectivity index (χ0n) is 22.0. The van der Waals surface area contributed by atoms with Crippen molar-refractivity contribution in [3.05, 3.63) is 90.0 Å². The first-order chi connectivity index (χ1) is 19.3. The van der Waals surface area contributed by atoms with Crippen LogP contribution in [0.2, 0.25) is 0 Å². The number of hydrogen-bond acceptors (Lipinski definition) is 6. The zero-order chi connectivity index (χ0) is 28.5. The molecule has 3 amide bonds. The number of benzene rings is 2. The van der Waals surface area contributed by atoms with Gasteiger partial charge in [0.1, 0.15) is 18.1 Å². The van der Waals surface area contributed by atoms with Gasteiger partial charge in [-0.25, -0.2) is 9.78 Å². The Bertz CT molecular complexity index is 1280. The second-order valence-electron chi connectivity index (χ2n) is 9.92. The number of hydrogen-bond donors (Lipinski definition) is 5. The smallest absolute Gasteiger partial charge is 0.326 e. The summed E-state index contributed by atoms with van der Waals surface area (Å²) in [6, 6.07) is 14.5. The average molecular weight is 547 g/mol. The molecule has 1 saturated heterocycles. The van der Waals surface area contributed by atoms with Crippen molar-refractivity contribution in [3.8, 4) is 0 Å². The highest BCUT2D eigenvalue weighted by Crippen LogP contribution is 2.20. The number of carbonyl (C=O) groups is 4. The second-order valence-corrected chi connectivity index (χ2v) is 9.92. The minimum absolute atomic E-state index is 0.111. The van der Waals surface area contributed by atoms with Crippen LogP contribution in [0.15, 0.2) is 73.2 Å². The minimum Gasteiger partial charge on any atom is -0.480 e. The highest BCUT2D eigenvalue weighted by atomic mass is 16.4. The monoisotopic (exact) mass is 546 g/mol. The van der Waals surface area contributed by atoms with Crippen molar-refractivity contribution in [1.29, 1.82) is 0 Å². The molecule has 1 aliphatic heterocycles. The molecule has 4 rings (SSSR count). The van der Waals surface area contributed by atoms with Crippen LogP contribution in [0.4, 0.5) is 0 Å². The Morgan fingerprint density at radius 1 is 0.950 bits per heavy atom. The first-order valence-electron chi connectivity index (χ1n) is 13.3. The SMILES string of the molecule is NC(Cc1ccccc1)C(=O)NC(Cc1cnc[nH]1)C(=O)N1CCCC1C(=O)NC(Cc1ccccc1)C(=O)O. The van der Waals surface area contributed by atoms with Crippen molar-refractivity contribution >= 4 is 23.7 Å². The maximum atomic E-state index is 13.8. The third-order valence-electron chi connectivity index (χ3n) is 6.96. The standard InChI is InChI=1S/C29H34N6O5/c30-22(14-19-8-3-1-4-9-19)26(36)33-23(16-21-17-31-18-32-21)28(38)35-13-7-12-25(35)27(37)34-24(29(39)40)15-20-10-5-2-6-11-20/h1-6,8-11,17-18,22-25H,7,12-16,30H2,(H,31,32)(H,33,36)(H,34,37)(H,39,40). The molecule has 3 aromatic rings. The lowest BCUT2D eigenvalue weighted by molar-refractivity contribution is -0.144. The van der Waals surface area contributed by atoms with E-state index in [1.165, 1.54) is 11.2 Å². The summed E-state index contributed by atoms with van der Waals surface area (Å²) in [6.45, 7) is 0.304. The van der Waals surface area contributed by atoms with Crippen LogP contribution in [-0.4, -0.2) is 74.4 Å². The minimum atomic E-state index is -1.16. The van der Waals surface area contributed by atoms with Crippen LogP contribution in [0, 0.1) is 0 Å². The van der Waals surface area contributed by atoms with Gasteiger partial charge in [0, 0.05) is 31.3 Å². The number of rotatable bonds is 12. The number of aromatic nitrogens is 2. The van der Waals surface area contributed by atoms with E-state index in [0.29, 0.717) is 31.5 Å². The number of carboxylic acid groups (broad SMARTS) is 1. The highest BCUT2D eigenvalue weighted by molar-refractivity contribution is 5.94. The molecule has 0 spiro atoms. The third kappa shape index (κ3) is 7.54. The maximum Gasteiger partial charge on any atom is 0.326 e. The molecule has 40 heavy (non-hydrogen) atoms. The Balaban J connectivity index is 1.45. The zero-order valence-corrected chi connectivity index (χ0v) is 22.0. The van der Waals surface area contributed by atoms with Crippen molar-refractivity contribution < 1.29 is 24.3 Å². The van der Waals surface area contributed by atoms with E-state index in [-0.39, 0.29) is 12.8 Å². The van der Waals surface area contributed by atoms with E-state index in [2.05, 4.69) is 20.6 Å². The molecule has 0 bridgehead atoms. The Morgan fingerprint density at radius 3 is 2.20 bits per heavy atom. The molecule has 1 aliphatic rings. The van der Waals surface area contributed by atoms with E-state index in [0.717, 1.165) is 11.1 Å². The lowest BCUT2D eigenvalue weighted by Gasteiger charge is -2.30. The summed E-state index contributed by atoms with van der Waals surface area (Å²) in [5.74, 6) is -2.63. The van der Waals surface area contributed by atoms with Gasteiger partial charge < -0.3 is 31.4 Å². The van der Waals surface area contributed by atoms with Gasteiger partial charge in [0.05, 0.1) is 12.4 Å². The Labute approximate surface area is 232 Å². The number of likely N-dealkylation sites (tertiary alicyclic amines) is 1. The summed E-state index contributed by atoms with van der Waals surface area (Å²) < 4.78 is 0. The molecular weight excluding hydrogens is 512 g/mol. The Kier molecular flexibility index (Phi) is 9.63. The average Bonchev–Trinajstić information content (AvgIpc) is 3.65. The molecular formula is C29H34N6O5. The van der Waals surface area contributed by atoms with E-state index in [1.54, 1.807) is 30.5 Å². The van der Waals surface area contributed by atoms with Crippen LogP contribution in [-0.2, 0) is 38.4 Å². The summed E-state index contributed by atoms with van der Waals surface area (Å²) in [5.41, 5.74) is 8.46. The molecule has 4 atom stereocenters. The van der Waals surface area contributed by atoms with Crippen LogP contribution >= 0.6 is 0 Å². The predicted octanol–water partition coefficient (Wildman–Crippen LogP) is 0.810. The molecule has 0 saturated carbocycles. The fourth-order valence-electron chi connectivity index (χ4n) is 4.88. The van der Waals surface area contributed by atoms with E-state index < -0.39 is 47.9 Å². The van der Waals surface area contributed by atoms with Crippen molar-refractivity contribution in [2.45, 2.75) is 56.3 Å². The number of carboxylic acids is 1.